The third-order valence-electron chi connectivity index (χ3n) is 6.51. The van der Waals surface area contributed by atoms with E-state index in [1.807, 2.05) is 0 Å². The number of nitrogens with two attached hydrogens (primary N) is 2. The van der Waals surface area contributed by atoms with Crippen LogP contribution in [0.1, 0.15) is 11.1 Å². The van der Waals surface area contributed by atoms with Gasteiger partial charge in [-0.15, -0.1) is 0 Å². The van der Waals surface area contributed by atoms with Crippen LogP contribution in [0.4, 0.5) is 64.1 Å². The van der Waals surface area contributed by atoms with Crippen LogP contribution >= 0.6 is 0 Å². The van der Waals surface area contributed by atoms with Gasteiger partial charge < -0.3 is 21.7 Å². The number of nitrogen functional groups attached to an aromatic ring is 2. The van der Waals surface area contributed by atoms with Crippen LogP contribution in [0.2, 0.25) is 0 Å². The van der Waals surface area contributed by atoms with Crippen molar-refractivity contribution in [2.24, 2.45) is 0 Å². The molecule has 0 aliphatic carbocycles. The molecule has 0 aliphatic rings. The average molecular weight is 590 g/mol. The highest BCUT2D eigenvalue weighted by atomic mass is 19.4. The molecule has 0 unspecified atom stereocenters. The predicted molar refractivity (Wildman–Crippen MR) is 120 cm³/mol. The summed E-state index contributed by atoms with van der Waals surface area (Å²) in [7, 11) is 0. The number of anilines is 2. The van der Waals surface area contributed by atoms with Crippen LogP contribution < -0.4 is 11.5 Å². The summed E-state index contributed by atoms with van der Waals surface area (Å²) in [4.78, 5) is 0. The fraction of sp³-hybridized carbons (Fsp3) is 0.250. The molecule has 0 radical (unpaired) electrons. The van der Waals surface area contributed by atoms with Crippen molar-refractivity contribution in [1.29, 1.82) is 0 Å². The van der Waals surface area contributed by atoms with E-state index >= 15 is 0 Å². The van der Waals surface area contributed by atoms with Gasteiger partial charge in [-0.05, 0) is 80.8 Å². The first-order valence-electron chi connectivity index (χ1n) is 10.7. The van der Waals surface area contributed by atoms with Gasteiger partial charge in [-0.1, -0.05) is 0 Å². The zero-order valence-electron chi connectivity index (χ0n) is 19.2. The number of fused-ring (bicyclic) bond motifs is 3. The summed E-state index contributed by atoms with van der Waals surface area (Å²) in [5, 5.41) is 19.0. The summed E-state index contributed by atoms with van der Waals surface area (Å²) >= 11 is 0. The van der Waals surface area contributed by atoms with E-state index in [0.29, 0.717) is 24.3 Å². The van der Waals surface area contributed by atoms with Gasteiger partial charge in [0.25, 0.3) is 11.2 Å². The number of rotatable bonds is 2. The SMILES string of the molecule is Nc1cc2cc3cc4cc(C(O)(C(F)(F)F)C(F)(F)F)c(N)cc4cc3cc2cc1C(O)(C(F)(F)F)C(F)(F)F. The Hall–Kier alpha value is -3.66. The van der Waals surface area contributed by atoms with Crippen LogP contribution in [0.25, 0.3) is 32.3 Å². The normalized spacial score (nSPS) is 14.4. The van der Waals surface area contributed by atoms with Gasteiger partial charge in [0, 0.05) is 22.5 Å². The summed E-state index contributed by atoms with van der Waals surface area (Å²) in [6.45, 7) is 0. The maximum absolute atomic E-state index is 13.4. The average Bonchev–Trinajstić information content (AvgIpc) is 2.77. The van der Waals surface area contributed by atoms with Crippen molar-refractivity contribution in [3.63, 3.8) is 0 Å². The Morgan fingerprint density at radius 3 is 0.800 bits per heavy atom. The van der Waals surface area contributed by atoms with Gasteiger partial charge in [-0.3, -0.25) is 0 Å². The van der Waals surface area contributed by atoms with Gasteiger partial charge in [0.15, 0.2) is 0 Å². The molecule has 4 aromatic rings. The lowest BCUT2D eigenvalue weighted by Crippen LogP contribution is -2.54. The smallest absolute Gasteiger partial charge is 0.398 e. The van der Waals surface area contributed by atoms with Crippen LogP contribution in [-0.2, 0) is 11.2 Å². The number of benzene rings is 4. The van der Waals surface area contributed by atoms with E-state index in [2.05, 4.69) is 0 Å². The highest BCUT2D eigenvalue weighted by Gasteiger charge is 2.73. The maximum Gasteiger partial charge on any atom is 0.430 e. The van der Waals surface area contributed by atoms with Gasteiger partial charge in [0.2, 0.25) is 0 Å². The van der Waals surface area contributed by atoms with Crippen LogP contribution in [0.15, 0.2) is 48.5 Å². The van der Waals surface area contributed by atoms with E-state index in [-0.39, 0.29) is 32.3 Å². The predicted octanol–water partition coefficient (Wildman–Crippen LogP) is 6.94. The summed E-state index contributed by atoms with van der Waals surface area (Å²) in [5.41, 5.74) is -5.34. The summed E-state index contributed by atoms with van der Waals surface area (Å²) in [6.07, 6.45) is -24.9. The van der Waals surface area contributed by atoms with Crippen molar-refractivity contribution < 1.29 is 62.9 Å². The fourth-order valence-electron chi connectivity index (χ4n) is 4.45. The highest BCUT2D eigenvalue weighted by Crippen LogP contribution is 2.53. The van der Waals surface area contributed by atoms with Crippen LogP contribution in [0.5, 0.6) is 0 Å². The Bertz CT molecular complexity index is 1500. The van der Waals surface area contributed by atoms with E-state index in [1.165, 1.54) is 0 Å². The Balaban J connectivity index is 1.99. The molecule has 0 amide bonds. The first-order valence-corrected chi connectivity index (χ1v) is 10.7. The number of halogens is 12. The number of hydrogen-bond acceptors (Lipinski definition) is 4. The van der Waals surface area contributed by atoms with Crippen LogP contribution in [0.3, 0.4) is 0 Å². The highest BCUT2D eigenvalue weighted by molar-refractivity contribution is 6.06. The van der Waals surface area contributed by atoms with Gasteiger partial charge in [-0.25, -0.2) is 0 Å². The van der Waals surface area contributed by atoms with E-state index in [4.69, 9.17) is 11.5 Å². The van der Waals surface area contributed by atoms with Crippen molar-refractivity contribution in [3.8, 4) is 0 Å². The zero-order chi connectivity index (χ0) is 30.4. The fourth-order valence-corrected chi connectivity index (χ4v) is 4.45. The topological polar surface area (TPSA) is 92.5 Å². The number of hydrogen-bond donors (Lipinski definition) is 4. The monoisotopic (exact) mass is 590 g/mol. The maximum atomic E-state index is 13.4. The first kappa shape index (κ1) is 29.3. The van der Waals surface area contributed by atoms with Crippen molar-refractivity contribution in [2.75, 3.05) is 11.5 Å². The minimum Gasteiger partial charge on any atom is -0.398 e. The molecule has 4 nitrogen and oxygen atoms in total. The molecule has 16 heteroatoms. The third-order valence-corrected chi connectivity index (χ3v) is 6.51. The third kappa shape index (κ3) is 4.11. The van der Waals surface area contributed by atoms with Gasteiger partial charge >= 0.3 is 24.7 Å². The summed E-state index contributed by atoms with van der Waals surface area (Å²) in [5.74, 6) is 0. The lowest BCUT2D eigenvalue weighted by molar-refractivity contribution is -0.376. The summed E-state index contributed by atoms with van der Waals surface area (Å²) < 4.78 is 161. The van der Waals surface area contributed by atoms with Crippen molar-refractivity contribution in [2.45, 2.75) is 35.9 Å². The molecule has 0 aliphatic heterocycles. The van der Waals surface area contributed by atoms with Crippen molar-refractivity contribution in [3.05, 3.63) is 59.7 Å². The molecule has 40 heavy (non-hydrogen) atoms. The van der Waals surface area contributed by atoms with Gasteiger partial charge in [0.05, 0.1) is 0 Å². The Kier molecular flexibility index (Phi) is 6.18. The molecule has 0 saturated carbocycles. The largest absolute Gasteiger partial charge is 0.430 e. The molecule has 0 aromatic heterocycles. The lowest BCUT2D eigenvalue weighted by atomic mass is 9.87. The minimum atomic E-state index is -6.22. The van der Waals surface area contributed by atoms with Crippen molar-refractivity contribution in [1.82, 2.24) is 0 Å². The molecule has 0 spiro atoms. The van der Waals surface area contributed by atoms with Crippen LogP contribution in [-0.4, -0.2) is 34.9 Å². The van der Waals surface area contributed by atoms with E-state index in [9.17, 15) is 62.9 Å². The zero-order valence-corrected chi connectivity index (χ0v) is 19.2. The van der Waals surface area contributed by atoms with Gasteiger partial charge in [-0.2, -0.15) is 52.7 Å². The molecule has 0 atom stereocenters. The number of aliphatic hydroxyl groups is 2. The molecule has 0 heterocycles. The molecular weight excluding hydrogens is 576 g/mol. The Labute approximate surface area is 214 Å². The second-order valence-corrected chi connectivity index (χ2v) is 9.04. The summed E-state index contributed by atoms with van der Waals surface area (Å²) in [6, 6.07) is 6.59. The molecule has 4 rings (SSSR count). The second kappa shape index (κ2) is 8.42. The second-order valence-electron chi connectivity index (χ2n) is 9.04. The lowest BCUT2D eigenvalue weighted by Gasteiger charge is -2.33. The molecular formula is C24H14F12N2O2. The molecule has 6 N–H and O–H groups in total. The van der Waals surface area contributed by atoms with E-state index in [0.717, 1.165) is 24.3 Å². The van der Waals surface area contributed by atoms with Gasteiger partial charge in [0.1, 0.15) is 0 Å². The van der Waals surface area contributed by atoms with E-state index in [1.54, 1.807) is 0 Å². The molecule has 216 valence electrons. The standard InChI is InChI=1S/C24H14F12N2O2/c25-21(26,27)19(39,22(28,29)30)15-5-11-1-9-3-14-8-18(38)16(20(40,23(31,32)33)24(34,35)36)6-12(14)2-10(9)4-13(11)7-17(15)37/h1-8,39-40H,37-38H2. The first-order chi connectivity index (χ1) is 17.9. The Morgan fingerprint density at radius 2 is 0.575 bits per heavy atom. The van der Waals surface area contributed by atoms with Crippen molar-refractivity contribution >= 4 is 43.7 Å². The van der Waals surface area contributed by atoms with Crippen LogP contribution in [0, 0.1) is 0 Å². The molecule has 0 fully saturated rings. The number of alkyl halides is 12. The Morgan fingerprint density at radius 1 is 0.375 bits per heavy atom. The minimum absolute atomic E-state index is 0.0717. The van der Waals surface area contributed by atoms with E-state index < -0.39 is 58.4 Å². The quantitative estimate of drug-likeness (QED) is 0.116. The molecule has 0 bridgehead atoms. The molecule has 0 saturated heterocycles. The molecule has 4 aromatic carbocycles.